The highest BCUT2D eigenvalue weighted by molar-refractivity contribution is 9.10. The first-order valence-corrected chi connectivity index (χ1v) is 9.72. The van der Waals surface area contributed by atoms with Crippen molar-refractivity contribution < 1.29 is 4.74 Å². The van der Waals surface area contributed by atoms with E-state index in [1.807, 2.05) is 6.07 Å². The molecule has 1 aliphatic rings. The summed E-state index contributed by atoms with van der Waals surface area (Å²) >= 11 is 3.55. The van der Waals surface area contributed by atoms with Gasteiger partial charge < -0.3 is 9.30 Å². The van der Waals surface area contributed by atoms with Crippen LogP contribution in [0.2, 0.25) is 0 Å². The maximum Gasteiger partial charge on any atom is 0.131 e. The predicted molar refractivity (Wildman–Crippen MR) is 113 cm³/mol. The van der Waals surface area contributed by atoms with Gasteiger partial charge in [-0.15, -0.1) is 0 Å². The minimum atomic E-state index is 0.549. The van der Waals surface area contributed by atoms with Crippen molar-refractivity contribution in [2.45, 2.75) is 6.61 Å². The van der Waals surface area contributed by atoms with Gasteiger partial charge in [0.2, 0.25) is 0 Å². The van der Waals surface area contributed by atoms with Crippen molar-refractivity contribution >= 4 is 48.6 Å². The number of aromatic nitrogens is 2. The Kier molecular flexibility index (Phi) is 3.01. The molecular weight excluding hydrogens is 400 g/mol. The number of fused-ring (bicyclic) bond motifs is 7. The van der Waals surface area contributed by atoms with Crippen molar-refractivity contribution in [3.63, 3.8) is 0 Å². The number of halogens is 1. The summed E-state index contributed by atoms with van der Waals surface area (Å²) in [5.74, 6) is 0.907. The van der Waals surface area contributed by atoms with E-state index < -0.39 is 0 Å². The van der Waals surface area contributed by atoms with Crippen molar-refractivity contribution in [3.8, 4) is 17.0 Å². The van der Waals surface area contributed by atoms with E-state index in [1.165, 1.54) is 21.8 Å². The fourth-order valence-corrected chi connectivity index (χ4v) is 4.56. The van der Waals surface area contributed by atoms with Gasteiger partial charge in [0, 0.05) is 50.4 Å². The van der Waals surface area contributed by atoms with Gasteiger partial charge in [-0.2, -0.15) is 0 Å². The molecule has 0 aliphatic carbocycles. The first-order valence-electron chi connectivity index (χ1n) is 8.92. The molecular formula is C23H15BrN2O. The molecule has 0 unspecified atom stereocenters. The number of nitrogens with zero attached hydrogens (tertiary/aromatic N) is 2. The summed E-state index contributed by atoms with van der Waals surface area (Å²) < 4.78 is 9.42. The number of rotatable bonds is 0. The number of benzene rings is 3. The average Bonchev–Trinajstić information content (AvgIpc) is 2.97. The second kappa shape index (κ2) is 5.33. The van der Waals surface area contributed by atoms with Crippen LogP contribution in [-0.2, 0) is 13.7 Å². The monoisotopic (exact) mass is 414 g/mol. The third-order valence-corrected chi connectivity index (χ3v) is 6.00. The highest BCUT2D eigenvalue weighted by atomic mass is 79.9. The first kappa shape index (κ1) is 15.2. The summed E-state index contributed by atoms with van der Waals surface area (Å²) in [7, 11) is 2.11. The normalized spacial score (nSPS) is 13.0. The Morgan fingerprint density at radius 3 is 2.78 bits per heavy atom. The standard InChI is InChI=1S/C23H15BrN2O/c1-26-20-5-3-2-4-16(20)17-10-18-22(11-21(17)26)27-12-14-8-13-9-15(24)6-7-19(13)25-23(14)18/h2-11H,12H2,1H3. The molecule has 0 amide bonds. The molecule has 0 atom stereocenters. The van der Waals surface area contributed by atoms with Gasteiger partial charge in [-0.3, -0.25) is 0 Å². The van der Waals surface area contributed by atoms with Gasteiger partial charge in [-0.05, 0) is 36.4 Å². The molecule has 6 rings (SSSR count). The van der Waals surface area contributed by atoms with Crippen LogP contribution in [0.25, 0.3) is 44.0 Å². The zero-order chi connectivity index (χ0) is 18.1. The van der Waals surface area contributed by atoms with Gasteiger partial charge in [0.1, 0.15) is 12.4 Å². The summed E-state index contributed by atoms with van der Waals surface area (Å²) in [6.07, 6.45) is 0. The summed E-state index contributed by atoms with van der Waals surface area (Å²) in [6, 6.07) is 21.3. The fraction of sp³-hybridized carbons (Fsp3) is 0.0870. The minimum Gasteiger partial charge on any atom is -0.488 e. The highest BCUT2D eigenvalue weighted by Crippen LogP contribution is 2.42. The quantitative estimate of drug-likeness (QED) is 0.301. The number of aryl methyl sites for hydroxylation is 1. The van der Waals surface area contributed by atoms with Crippen LogP contribution in [0.3, 0.4) is 0 Å². The Hall–Kier alpha value is -2.85. The lowest BCUT2D eigenvalue weighted by atomic mass is 9.98. The Bertz CT molecular complexity index is 1400. The zero-order valence-electron chi connectivity index (χ0n) is 14.7. The van der Waals surface area contributed by atoms with Gasteiger partial charge >= 0.3 is 0 Å². The van der Waals surface area contributed by atoms with Gasteiger partial charge in [-0.1, -0.05) is 34.1 Å². The molecule has 0 bridgehead atoms. The Balaban J connectivity index is 1.69. The van der Waals surface area contributed by atoms with Crippen LogP contribution in [0, 0.1) is 0 Å². The van der Waals surface area contributed by atoms with E-state index in [9.17, 15) is 0 Å². The maximum absolute atomic E-state index is 6.12. The summed E-state index contributed by atoms with van der Waals surface area (Å²) in [5.41, 5.74) is 6.65. The zero-order valence-corrected chi connectivity index (χ0v) is 16.2. The second-order valence-electron chi connectivity index (χ2n) is 7.06. The molecule has 2 aromatic heterocycles. The molecule has 3 aromatic carbocycles. The first-order chi connectivity index (χ1) is 13.2. The molecule has 0 saturated heterocycles. The van der Waals surface area contributed by atoms with E-state index in [0.29, 0.717) is 6.61 Å². The van der Waals surface area contributed by atoms with Crippen LogP contribution in [0.5, 0.6) is 5.75 Å². The largest absolute Gasteiger partial charge is 0.488 e. The summed E-state index contributed by atoms with van der Waals surface area (Å²) in [5, 5.41) is 3.62. The lowest BCUT2D eigenvalue weighted by molar-refractivity contribution is 0.302. The predicted octanol–water partition coefficient (Wildman–Crippen LogP) is 6.20. The molecule has 1 aliphatic heterocycles. The molecule has 0 saturated carbocycles. The Morgan fingerprint density at radius 1 is 0.963 bits per heavy atom. The van der Waals surface area contributed by atoms with E-state index in [1.54, 1.807) is 0 Å². The number of hydrogen-bond donors (Lipinski definition) is 0. The molecule has 130 valence electrons. The van der Waals surface area contributed by atoms with E-state index >= 15 is 0 Å². The topological polar surface area (TPSA) is 27.1 Å². The average molecular weight is 415 g/mol. The number of para-hydroxylation sites is 1. The number of hydrogen-bond acceptors (Lipinski definition) is 2. The molecule has 0 spiro atoms. The Labute approximate surface area is 164 Å². The van der Waals surface area contributed by atoms with Gasteiger partial charge in [-0.25, -0.2) is 4.98 Å². The maximum atomic E-state index is 6.12. The number of ether oxygens (including phenoxy) is 1. The van der Waals surface area contributed by atoms with Crippen molar-refractivity contribution in [3.05, 3.63) is 70.7 Å². The minimum absolute atomic E-state index is 0.549. The summed E-state index contributed by atoms with van der Waals surface area (Å²) in [4.78, 5) is 4.98. The van der Waals surface area contributed by atoms with Crippen LogP contribution >= 0.6 is 15.9 Å². The highest BCUT2D eigenvalue weighted by Gasteiger charge is 2.22. The van der Waals surface area contributed by atoms with E-state index in [-0.39, 0.29) is 0 Å². The van der Waals surface area contributed by atoms with Crippen molar-refractivity contribution in [1.29, 1.82) is 0 Å². The lowest BCUT2D eigenvalue weighted by Gasteiger charge is -2.21. The molecule has 5 aromatic rings. The second-order valence-corrected chi connectivity index (χ2v) is 7.98. The Morgan fingerprint density at radius 2 is 1.85 bits per heavy atom. The van der Waals surface area contributed by atoms with Gasteiger partial charge in [0.25, 0.3) is 0 Å². The SMILES string of the molecule is Cn1c2ccccc2c2cc3c(cc21)OCc1cc2cc(Br)ccc2nc1-3. The molecule has 4 heteroatoms. The lowest BCUT2D eigenvalue weighted by Crippen LogP contribution is -2.07. The summed E-state index contributed by atoms with van der Waals surface area (Å²) in [6.45, 7) is 0.549. The van der Waals surface area contributed by atoms with E-state index in [0.717, 1.165) is 37.9 Å². The molecule has 0 fully saturated rings. The van der Waals surface area contributed by atoms with Crippen LogP contribution in [0.15, 0.2) is 65.1 Å². The van der Waals surface area contributed by atoms with Crippen molar-refractivity contribution in [2.75, 3.05) is 0 Å². The van der Waals surface area contributed by atoms with E-state index in [4.69, 9.17) is 9.72 Å². The third-order valence-electron chi connectivity index (χ3n) is 5.51. The molecule has 0 radical (unpaired) electrons. The van der Waals surface area contributed by atoms with Crippen molar-refractivity contribution in [1.82, 2.24) is 9.55 Å². The van der Waals surface area contributed by atoms with Crippen LogP contribution in [-0.4, -0.2) is 9.55 Å². The smallest absolute Gasteiger partial charge is 0.131 e. The molecule has 27 heavy (non-hydrogen) atoms. The number of pyridine rings is 1. The van der Waals surface area contributed by atoms with Gasteiger partial charge in [0.15, 0.2) is 0 Å². The molecule has 3 nitrogen and oxygen atoms in total. The van der Waals surface area contributed by atoms with Crippen LogP contribution < -0.4 is 4.74 Å². The van der Waals surface area contributed by atoms with Crippen LogP contribution in [0.1, 0.15) is 5.56 Å². The van der Waals surface area contributed by atoms with Gasteiger partial charge in [0.05, 0.1) is 16.7 Å². The fourth-order valence-electron chi connectivity index (χ4n) is 4.18. The van der Waals surface area contributed by atoms with E-state index in [2.05, 4.69) is 82.1 Å². The van der Waals surface area contributed by atoms with Crippen molar-refractivity contribution in [2.24, 2.45) is 7.05 Å². The van der Waals surface area contributed by atoms with Crippen LogP contribution in [0.4, 0.5) is 0 Å². The third kappa shape index (κ3) is 2.10. The molecule has 3 heterocycles. The molecule has 0 N–H and O–H groups in total.